The number of hydrogen-bond donors (Lipinski definition) is 1. The summed E-state index contributed by atoms with van der Waals surface area (Å²) in [5.74, 6) is 0.425. The van der Waals surface area contributed by atoms with E-state index in [1.807, 2.05) is 30.6 Å². The molecule has 2 aromatic heterocycles. The van der Waals surface area contributed by atoms with Crippen molar-refractivity contribution in [2.45, 2.75) is 32.9 Å². The fourth-order valence-corrected chi connectivity index (χ4v) is 3.72. The smallest absolute Gasteiger partial charge is 0.273 e. The molecule has 0 unspecified atom stereocenters. The van der Waals surface area contributed by atoms with Crippen LogP contribution in [0.1, 0.15) is 41.8 Å². The van der Waals surface area contributed by atoms with Crippen LogP contribution in [-0.2, 0) is 6.54 Å². The standard InChI is InChI=1S/C19H25N5OS.2ClH/c1-13(2)10-14(20)18-22-16(11-26-18)19(25)23(3)8-9-24-12-21-15-6-4-5-7-17(15)24;;/h4-7,11-14H,8-10,20H2,1-3H3;2*1H/t14-;;/m0../s1. The van der Waals surface area contributed by atoms with Crippen LogP contribution < -0.4 is 5.73 Å². The predicted octanol–water partition coefficient (Wildman–Crippen LogP) is 4.15. The molecule has 1 atom stereocenters. The fourth-order valence-electron chi connectivity index (χ4n) is 2.91. The lowest BCUT2D eigenvalue weighted by Gasteiger charge is -2.16. The Morgan fingerprint density at radius 3 is 2.71 bits per heavy atom. The SMILES string of the molecule is CC(C)C[C@H](N)c1nc(C(=O)N(C)CCn2cnc3ccccc32)cs1.Cl.Cl. The summed E-state index contributed by atoms with van der Waals surface area (Å²) in [4.78, 5) is 23.2. The molecule has 3 rings (SSSR count). The zero-order chi connectivity index (χ0) is 18.7. The van der Waals surface area contributed by atoms with Crippen molar-refractivity contribution in [1.82, 2.24) is 19.4 Å². The molecule has 0 bridgehead atoms. The minimum Gasteiger partial charge on any atom is -0.339 e. The molecule has 0 aliphatic rings. The number of benzene rings is 1. The van der Waals surface area contributed by atoms with Crippen LogP contribution in [0, 0.1) is 5.92 Å². The largest absolute Gasteiger partial charge is 0.339 e. The molecule has 2 heterocycles. The third kappa shape index (κ3) is 5.67. The maximum absolute atomic E-state index is 12.6. The van der Waals surface area contributed by atoms with E-state index >= 15 is 0 Å². The Balaban J connectivity index is 0.00000196. The second-order valence-electron chi connectivity index (χ2n) is 6.96. The molecule has 0 spiro atoms. The average molecular weight is 444 g/mol. The van der Waals surface area contributed by atoms with Gasteiger partial charge < -0.3 is 15.2 Å². The van der Waals surface area contributed by atoms with Gasteiger partial charge in [0.1, 0.15) is 10.7 Å². The molecular weight excluding hydrogens is 417 g/mol. The molecule has 2 N–H and O–H groups in total. The number of carbonyl (C=O) groups excluding carboxylic acids is 1. The number of hydrogen-bond acceptors (Lipinski definition) is 5. The molecule has 0 fully saturated rings. The van der Waals surface area contributed by atoms with Crippen LogP contribution in [-0.4, -0.2) is 38.9 Å². The van der Waals surface area contributed by atoms with Crippen LogP contribution in [0.25, 0.3) is 11.0 Å². The van der Waals surface area contributed by atoms with E-state index in [1.165, 1.54) is 11.3 Å². The normalized spacial score (nSPS) is 11.8. The second-order valence-corrected chi connectivity index (χ2v) is 7.85. The average Bonchev–Trinajstić information content (AvgIpc) is 3.26. The van der Waals surface area contributed by atoms with E-state index in [9.17, 15) is 4.79 Å². The number of nitrogens with zero attached hydrogens (tertiary/aromatic N) is 4. The zero-order valence-corrected chi connectivity index (χ0v) is 18.7. The maximum Gasteiger partial charge on any atom is 0.273 e. The van der Waals surface area contributed by atoms with Crippen LogP contribution in [0.2, 0.25) is 0 Å². The first-order valence-corrected chi connectivity index (χ1v) is 9.70. The molecule has 28 heavy (non-hydrogen) atoms. The minimum atomic E-state index is -0.107. The number of amides is 1. The van der Waals surface area contributed by atoms with Gasteiger partial charge in [-0.05, 0) is 24.5 Å². The summed E-state index contributed by atoms with van der Waals surface area (Å²) in [6.07, 6.45) is 2.68. The highest BCUT2D eigenvalue weighted by molar-refractivity contribution is 7.09. The zero-order valence-electron chi connectivity index (χ0n) is 16.2. The van der Waals surface area contributed by atoms with Gasteiger partial charge in [-0.3, -0.25) is 4.79 Å². The number of fused-ring (bicyclic) bond motifs is 1. The van der Waals surface area contributed by atoms with Crippen molar-refractivity contribution in [3.63, 3.8) is 0 Å². The number of likely N-dealkylation sites (N-methyl/N-ethyl adjacent to an activating group) is 1. The van der Waals surface area contributed by atoms with Gasteiger partial charge >= 0.3 is 0 Å². The molecule has 3 aromatic rings. The van der Waals surface area contributed by atoms with Crippen molar-refractivity contribution in [1.29, 1.82) is 0 Å². The Hall–Kier alpha value is -1.67. The molecule has 0 aliphatic carbocycles. The highest BCUT2D eigenvalue weighted by Gasteiger charge is 2.19. The van der Waals surface area contributed by atoms with Crippen molar-refractivity contribution in [3.05, 3.63) is 46.7 Å². The Kier molecular flexibility index (Phi) is 9.36. The Morgan fingerprint density at radius 1 is 1.29 bits per heavy atom. The predicted molar refractivity (Wildman–Crippen MR) is 120 cm³/mol. The highest BCUT2D eigenvalue weighted by atomic mass is 35.5. The van der Waals surface area contributed by atoms with E-state index in [0.717, 1.165) is 22.5 Å². The summed E-state index contributed by atoms with van der Waals surface area (Å²) < 4.78 is 2.06. The monoisotopic (exact) mass is 443 g/mol. The molecule has 0 aliphatic heterocycles. The van der Waals surface area contributed by atoms with Gasteiger partial charge in [0.15, 0.2) is 0 Å². The lowest BCUT2D eigenvalue weighted by atomic mass is 10.1. The number of nitrogens with two attached hydrogens (primary N) is 1. The molecule has 0 radical (unpaired) electrons. The van der Waals surface area contributed by atoms with E-state index in [4.69, 9.17) is 5.73 Å². The second kappa shape index (κ2) is 10.8. The summed E-state index contributed by atoms with van der Waals surface area (Å²) >= 11 is 1.46. The first-order chi connectivity index (χ1) is 12.5. The van der Waals surface area contributed by atoms with Gasteiger partial charge in [0.05, 0.1) is 23.4 Å². The first-order valence-electron chi connectivity index (χ1n) is 8.82. The first kappa shape index (κ1) is 24.4. The third-order valence-electron chi connectivity index (χ3n) is 4.33. The lowest BCUT2D eigenvalue weighted by Crippen LogP contribution is -2.30. The van der Waals surface area contributed by atoms with E-state index in [1.54, 1.807) is 17.3 Å². The molecule has 6 nitrogen and oxygen atoms in total. The summed E-state index contributed by atoms with van der Waals surface area (Å²) in [6.45, 7) is 5.54. The van der Waals surface area contributed by atoms with E-state index < -0.39 is 0 Å². The molecule has 0 saturated carbocycles. The van der Waals surface area contributed by atoms with Crippen molar-refractivity contribution >= 4 is 53.1 Å². The highest BCUT2D eigenvalue weighted by Crippen LogP contribution is 2.22. The number of imidazole rings is 1. The Bertz CT molecular complexity index is 895. The van der Waals surface area contributed by atoms with Crippen LogP contribution >= 0.6 is 36.2 Å². The van der Waals surface area contributed by atoms with Gasteiger partial charge in [-0.2, -0.15) is 0 Å². The number of aromatic nitrogens is 3. The van der Waals surface area contributed by atoms with Gasteiger partial charge in [-0.15, -0.1) is 36.2 Å². The van der Waals surface area contributed by atoms with E-state index in [2.05, 4.69) is 28.4 Å². The molecule has 154 valence electrons. The number of rotatable bonds is 7. The number of halogens is 2. The van der Waals surface area contributed by atoms with E-state index in [-0.39, 0.29) is 36.8 Å². The number of para-hydroxylation sites is 2. The van der Waals surface area contributed by atoms with Gasteiger partial charge in [0, 0.05) is 25.5 Å². The summed E-state index contributed by atoms with van der Waals surface area (Å²) in [5, 5.41) is 2.64. The Morgan fingerprint density at radius 2 is 2.00 bits per heavy atom. The summed E-state index contributed by atoms with van der Waals surface area (Å²) in [5.41, 5.74) is 8.68. The third-order valence-corrected chi connectivity index (χ3v) is 5.31. The number of carbonyl (C=O) groups is 1. The molecule has 9 heteroatoms. The quantitative estimate of drug-likeness (QED) is 0.594. The van der Waals surface area contributed by atoms with Crippen LogP contribution in [0.15, 0.2) is 36.0 Å². The van der Waals surface area contributed by atoms with Crippen LogP contribution in [0.3, 0.4) is 0 Å². The van der Waals surface area contributed by atoms with Gasteiger partial charge in [-0.25, -0.2) is 9.97 Å². The topological polar surface area (TPSA) is 77.0 Å². The molecule has 0 saturated heterocycles. The van der Waals surface area contributed by atoms with Gasteiger partial charge in [0.25, 0.3) is 5.91 Å². The van der Waals surface area contributed by atoms with Gasteiger partial charge in [-0.1, -0.05) is 26.0 Å². The van der Waals surface area contributed by atoms with Crippen molar-refractivity contribution < 1.29 is 4.79 Å². The van der Waals surface area contributed by atoms with Crippen molar-refractivity contribution in [2.24, 2.45) is 11.7 Å². The lowest BCUT2D eigenvalue weighted by molar-refractivity contribution is 0.0785. The number of thiazole rings is 1. The van der Waals surface area contributed by atoms with E-state index in [0.29, 0.717) is 24.7 Å². The molecule has 1 aromatic carbocycles. The minimum absolute atomic E-state index is 0. The molecular formula is C19H27Cl2N5OS. The van der Waals surface area contributed by atoms with Crippen molar-refractivity contribution in [2.75, 3.05) is 13.6 Å². The van der Waals surface area contributed by atoms with Crippen LogP contribution in [0.4, 0.5) is 0 Å². The Labute approximate surface area is 182 Å². The summed E-state index contributed by atoms with van der Waals surface area (Å²) in [7, 11) is 1.80. The fraction of sp³-hybridized carbons (Fsp3) is 0.421. The van der Waals surface area contributed by atoms with Crippen LogP contribution in [0.5, 0.6) is 0 Å². The maximum atomic E-state index is 12.6. The van der Waals surface area contributed by atoms with Crippen molar-refractivity contribution in [3.8, 4) is 0 Å². The van der Waals surface area contributed by atoms with Gasteiger partial charge in [0.2, 0.25) is 0 Å². The summed E-state index contributed by atoms with van der Waals surface area (Å²) in [6, 6.07) is 7.88. The molecule has 1 amide bonds.